The number of aliphatic hydroxyl groups excluding tert-OH is 1. The normalized spacial score (nSPS) is 39.8. The number of rotatable bonds is 1. The van der Waals surface area contributed by atoms with Crippen molar-refractivity contribution in [3.05, 3.63) is 0 Å². The van der Waals surface area contributed by atoms with Crippen LogP contribution < -0.4 is 0 Å². The van der Waals surface area contributed by atoms with E-state index in [9.17, 15) is 9.90 Å². The number of carbonyl (C=O) groups is 1. The van der Waals surface area contributed by atoms with Crippen LogP contribution in [0.3, 0.4) is 0 Å². The molecule has 3 atom stereocenters. The molecule has 1 saturated heterocycles. The van der Waals surface area contributed by atoms with Gasteiger partial charge in [0, 0.05) is 11.5 Å². The summed E-state index contributed by atoms with van der Waals surface area (Å²) in [5.74, 6) is 1.89. The van der Waals surface area contributed by atoms with Crippen LogP contribution in [0.25, 0.3) is 0 Å². The van der Waals surface area contributed by atoms with Crippen LogP contribution in [0.2, 0.25) is 0 Å². The van der Waals surface area contributed by atoms with Gasteiger partial charge in [0.2, 0.25) is 0 Å². The maximum absolute atomic E-state index is 12.0. The summed E-state index contributed by atoms with van der Waals surface area (Å²) >= 11 is 1.77. The number of fused-ring (bicyclic) bond motifs is 1. The first-order chi connectivity index (χ1) is 7.27. The molecule has 1 N–H and O–H groups in total. The van der Waals surface area contributed by atoms with Crippen LogP contribution in [0.4, 0.5) is 0 Å². The molecule has 82 valence electrons. The molecule has 3 unspecified atom stereocenters. The van der Waals surface area contributed by atoms with E-state index < -0.39 is 0 Å². The maximum atomic E-state index is 12.0. The molecule has 1 amide bonds. The molecule has 2 aliphatic heterocycles. The molecule has 0 aromatic rings. The second-order valence-corrected chi connectivity index (χ2v) is 5.44. The highest BCUT2D eigenvalue weighted by molar-refractivity contribution is 8.00. The van der Waals surface area contributed by atoms with Gasteiger partial charge in [-0.05, 0) is 19.3 Å². The van der Waals surface area contributed by atoms with Gasteiger partial charge in [-0.2, -0.15) is 16.9 Å². The van der Waals surface area contributed by atoms with Gasteiger partial charge in [0.15, 0.2) is 0 Å². The quantitative estimate of drug-likeness (QED) is 0.706. The standard InChI is InChI=1S/C10H14N2O2S/c13-9-3-1-2-8(9)12-10(14)6-4-15-5-7(6)11-12/h6,8-9,13H,1-5H2. The third kappa shape index (κ3) is 1.40. The number of hydrogen-bond acceptors (Lipinski definition) is 4. The molecular weight excluding hydrogens is 212 g/mol. The van der Waals surface area contributed by atoms with Gasteiger partial charge in [0.25, 0.3) is 5.91 Å². The summed E-state index contributed by atoms with van der Waals surface area (Å²) in [5, 5.41) is 15.7. The Kier molecular flexibility index (Phi) is 2.25. The monoisotopic (exact) mass is 226 g/mol. The Labute approximate surface area is 92.7 Å². The molecule has 3 aliphatic rings. The first kappa shape index (κ1) is 9.66. The van der Waals surface area contributed by atoms with Gasteiger partial charge < -0.3 is 5.11 Å². The lowest BCUT2D eigenvalue weighted by molar-refractivity contribution is -0.135. The highest BCUT2D eigenvalue weighted by Gasteiger charge is 2.44. The first-order valence-corrected chi connectivity index (χ1v) is 6.59. The molecule has 15 heavy (non-hydrogen) atoms. The maximum Gasteiger partial charge on any atom is 0.252 e. The van der Waals surface area contributed by atoms with Crippen LogP contribution in [0.1, 0.15) is 19.3 Å². The lowest BCUT2D eigenvalue weighted by atomic mass is 10.1. The summed E-state index contributed by atoms with van der Waals surface area (Å²) in [5.41, 5.74) is 1.02. The molecule has 0 aromatic carbocycles. The van der Waals surface area contributed by atoms with Crippen molar-refractivity contribution in [2.45, 2.75) is 31.4 Å². The van der Waals surface area contributed by atoms with Crippen molar-refractivity contribution in [1.29, 1.82) is 0 Å². The Morgan fingerprint density at radius 3 is 3.00 bits per heavy atom. The van der Waals surface area contributed by atoms with E-state index in [1.165, 1.54) is 0 Å². The number of carbonyl (C=O) groups excluding carboxylic acids is 1. The van der Waals surface area contributed by atoms with Crippen molar-refractivity contribution in [2.75, 3.05) is 11.5 Å². The molecule has 1 aliphatic carbocycles. The fraction of sp³-hybridized carbons (Fsp3) is 0.800. The summed E-state index contributed by atoms with van der Waals surface area (Å²) in [6.45, 7) is 0. The highest BCUT2D eigenvalue weighted by atomic mass is 32.2. The Morgan fingerprint density at radius 1 is 1.47 bits per heavy atom. The van der Waals surface area contributed by atoms with Crippen molar-refractivity contribution >= 4 is 23.4 Å². The van der Waals surface area contributed by atoms with Crippen molar-refractivity contribution in [2.24, 2.45) is 11.0 Å². The van der Waals surface area contributed by atoms with E-state index in [0.717, 1.165) is 36.5 Å². The first-order valence-electron chi connectivity index (χ1n) is 5.43. The van der Waals surface area contributed by atoms with E-state index >= 15 is 0 Å². The van der Waals surface area contributed by atoms with Crippen LogP contribution in [0, 0.1) is 5.92 Å². The lowest BCUT2D eigenvalue weighted by Gasteiger charge is -2.23. The zero-order valence-electron chi connectivity index (χ0n) is 8.43. The number of hydrazone groups is 1. The minimum Gasteiger partial charge on any atom is -0.391 e. The molecule has 2 fully saturated rings. The highest BCUT2D eigenvalue weighted by Crippen LogP contribution is 2.33. The molecule has 5 heteroatoms. The topological polar surface area (TPSA) is 52.9 Å². The summed E-state index contributed by atoms with van der Waals surface area (Å²) < 4.78 is 0. The number of thioether (sulfide) groups is 1. The van der Waals surface area contributed by atoms with Gasteiger partial charge in [0.05, 0.1) is 23.8 Å². The second-order valence-electron chi connectivity index (χ2n) is 4.41. The Hall–Kier alpha value is -0.550. The zero-order valence-corrected chi connectivity index (χ0v) is 9.24. The number of hydrogen-bond donors (Lipinski definition) is 1. The Balaban J connectivity index is 1.83. The van der Waals surface area contributed by atoms with E-state index in [4.69, 9.17) is 0 Å². The van der Waals surface area contributed by atoms with Crippen LogP contribution in [-0.4, -0.2) is 45.4 Å². The van der Waals surface area contributed by atoms with Crippen molar-refractivity contribution in [3.8, 4) is 0 Å². The summed E-state index contributed by atoms with van der Waals surface area (Å²) in [4.78, 5) is 12.0. The van der Waals surface area contributed by atoms with Crippen LogP contribution in [-0.2, 0) is 4.79 Å². The number of aliphatic hydroxyl groups is 1. The SMILES string of the molecule is O=C1C2CSCC2=NN1C1CCCC1O. The molecule has 1 saturated carbocycles. The molecule has 3 rings (SSSR count). The third-order valence-corrected chi connectivity index (χ3v) is 4.52. The fourth-order valence-electron chi connectivity index (χ4n) is 2.58. The molecule has 4 nitrogen and oxygen atoms in total. The van der Waals surface area contributed by atoms with E-state index in [-0.39, 0.29) is 24.0 Å². The molecule has 0 bridgehead atoms. The zero-order chi connectivity index (χ0) is 10.4. The van der Waals surface area contributed by atoms with Crippen LogP contribution >= 0.6 is 11.8 Å². The minimum atomic E-state index is -0.371. The fourth-order valence-corrected chi connectivity index (χ4v) is 3.74. The minimum absolute atomic E-state index is 0.0165. The summed E-state index contributed by atoms with van der Waals surface area (Å²) in [6.07, 6.45) is 2.33. The van der Waals surface area contributed by atoms with Crippen molar-refractivity contribution in [1.82, 2.24) is 5.01 Å². The second kappa shape index (κ2) is 3.49. The molecular formula is C10H14N2O2S. The van der Waals surface area contributed by atoms with E-state index in [1.807, 2.05) is 0 Å². The van der Waals surface area contributed by atoms with Gasteiger partial charge in [-0.1, -0.05) is 0 Å². The number of amides is 1. The average Bonchev–Trinajstić information content (AvgIpc) is 2.85. The van der Waals surface area contributed by atoms with Crippen molar-refractivity contribution in [3.63, 3.8) is 0 Å². The molecule has 0 spiro atoms. The summed E-state index contributed by atoms with van der Waals surface area (Å²) in [7, 11) is 0. The van der Waals surface area contributed by atoms with Gasteiger partial charge in [-0.25, -0.2) is 5.01 Å². The van der Waals surface area contributed by atoms with Crippen LogP contribution in [0.5, 0.6) is 0 Å². The summed E-state index contributed by atoms with van der Waals surface area (Å²) in [6, 6.07) is -0.0550. The lowest BCUT2D eigenvalue weighted by Crippen LogP contribution is -2.40. The van der Waals surface area contributed by atoms with Gasteiger partial charge in [-0.15, -0.1) is 0 Å². The average molecular weight is 226 g/mol. The molecule has 2 heterocycles. The van der Waals surface area contributed by atoms with Crippen LogP contribution in [0.15, 0.2) is 5.10 Å². The number of nitrogens with zero attached hydrogens (tertiary/aromatic N) is 2. The Bertz CT molecular complexity index is 331. The molecule has 0 radical (unpaired) electrons. The van der Waals surface area contributed by atoms with Gasteiger partial charge >= 0.3 is 0 Å². The van der Waals surface area contributed by atoms with E-state index in [0.29, 0.717) is 0 Å². The Morgan fingerprint density at radius 2 is 2.33 bits per heavy atom. The van der Waals surface area contributed by atoms with E-state index in [1.54, 1.807) is 16.8 Å². The largest absolute Gasteiger partial charge is 0.391 e. The smallest absolute Gasteiger partial charge is 0.252 e. The predicted octanol–water partition coefficient (Wildman–Crippen LogP) is 0.461. The van der Waals surface area contributed by atoms with Gasteiger partial charge in [-0.3, -0.25) is 4.79 Å². The van der Waals surface area contributed by atoms with Crippen molar-refractivity contribution < 1.29 is 9.90 Å². The third-order valence-electron chi connectivity index (χ3n) is 3.45. The van der Waals surface area contributed by atoms with E-state index in [2.05, 4.69) is 5.10 Å². The van der Waals surface area contributed by atoms with Gasteiger partial charge in [0.1, 0.15) is 0 Å². The molecule has 0 aromatic heterocycles. The predicted molar refractivity (Wildman–Crippen MR) is 58.7 cm³/mol.